The maximum atomic E-state index is 12.0. The molecule has 0 radical (unpaired) electrons. The van der Waals surface area contributed by atoms with Gasteiger partial charge in [-0.1, -0.05) is 17.7 Å². The van der Waals surface area contributed by atoms with Crippen LogP contribution in [0.5, 0.6) is 5.75 Å². The van der Waals surface area contributed by atoms with Gasteiger partial charge < -0.3 is 4.74 Å². The standard InChI is InChI=1S/C16H15NO5S/c1-12-2-8-15(9-3-12)23(20,21)17-16(19)11-22-14-6-4-13(10-18)5-7-14/h2-10H,11H2,1H3,(H,17,19). The maximum absolute atomic E-state index is 12.0. The number of hydrogen-bond donors (Lipinski definition) is 1. The second-order valence-corrected chi connectivity index (χ2v) is 6.50. The predicted molar refractivity (Wildman–Crippen MR) is 83.8 cm³/mol. The zero-order valence-electron chi connectivity index (χ0n) is 12.4. The Hall–Kier alpha value is -2.67. The Kier molecular flexibility index (Phi) is 5.13. The number of benzene rings is 2. The zero-order chi connectivity index (χ0) is 16.9. The lowest BCUT2D eigenvalue weighted by atomic mass is 10.2. The molecule has 0 heterocycles. The molecule has 0 bridgehead atoms. The molecule has 0 aromatic heterocycles. The van der Waals surface area contributed by atoms with E-state index in [0.29, 0.717) is 17.6 Å². The van der Waals surface area contributed by atoms with Gasteiger partial charge in [0.1, 0.15) is 12.0 Å². The molecule has 1 amide bonds. The van der Waals surface area contributed by atoms with Crippen LogP contribution in [-0.2, 0) is 14.8 Å². The largest absolute Gasteiger partial charge is 0.484 e. The van der Waals surface area contributed by atoms with E-state index in [-0.39, 0.29) is 4.90 Å². The molecule has 0 aliphatic carbocycles. The van der Waals surface area contributed by atoms with Crippen LogP contribution in [0.3, 0.4) is 0 Å². The Bertz CT molecular complexity index is 795. The molecule has 6 nitrogen and oxygen atoms in total. The number of ether oxygens (including phenoxy) is 1. The Morgan fingerprint density at radius 1 is 1.09 bits per heavy atom. The molecule has 120 valence electrons. The fourth-order valence-electron chi connectivity index (χ4n) is 1.75. The topological polar surface area (TPSA) is 89.5 Å². The molecule has 2 aromatic rings. The highest BCUT2D eigenvalue weighted by Gasteiger charge is 2.17. The molecular weight excluding hydrogens is 318 g/mol. The van der Waals surface area contributed by atoms with E-state index >= 15 is 0 Å². The summed E-state index contributed by atoms with van der Waals surface area (Å²) in [5, 5.41) is 0. The van der Waals surface area contributed by atoms with Crippen molar-refractivity contribution in [3.63, 3.8) is 0 Å². The summed E-state index contributed by atoms with van der Waals surface area (Å²) in [5.41, 5.74) is 1.39. The van der Waals surface area contributed by atoms with Crippen molar-refractivity contribution in [3.8, 4) is 5.75 Å². The Morgan fingerprint density at radius 3 is 2.26 bits per heavy atom. The number of nitrogens with one attached hydrogen (secondary N) is 1. The van der Waals surface area contributed by atoms with Crippen molar-refractivity contribution in [2.75, 3.05) is 6.61 Å². The average molecular weight is 333 g/mol. The molecular formula is C16H15NO5S. The summed E-state index contributed by atoms with van der Waals surface area (Å²) in [4.78, 5) is 22.3. The molecule has 1 N–H and O–H groups in total. The van der Waals surface area contributed by atoms with Crippen molar-refractivity contribution in [3.05, 3.63) is 59.7 Å². The predicted octanol–water partition coefficient (Wildman–Crippen LogP) is 1.69. The van der Waals surface area contributed by atoms with Crippen molar-refractivity contribution in [1.82, 2.24) is 4.72 Å². The van der Waals surface area contributed by atoms with Gasteiger partial charge in [0.05, 0.1) is 4.90 Å². The van der Waals surface area contributed by atoms with Crippen LogP contribution in [0.4, 0.5) is 0 Å². The Balaban J connectivity index is 1.95. The molecule has 0 saturated carbocycles. The summed E-state index contributed by atoms with van der Waals surface area (Å²) in [6.07, 6.45) is 0.685. The van der Waals surface area contributed by atoms with Gasteiger partial charge in [-0.2, -0.15) is 0 Å². The molecule has 2 rings (SSSR count). The highest BCUT2D eigenvalue weighted by molar-refractivity contribution is 7.90. The fraction of sp³-hybridized carbons (Fsp3) is 0.125. The van der Waals surface area contributed by atoms with Gasteiger partial charge in [-0.3, -0.25) is 9.59 Å². The highest BCUT2D eigenvalue weighted by atomic mass is 32.2. The maximum Gasteiger partial charge on any atom is 0.271 e. The second-order valence-electron chi connectivity index (χ2n) is 4.82. The van der Waals surface area contributed by atoms with Gasteiger partial charge in [0.2, 0.25) is 0 Å². The van der Waals surface area contributed by atoms with Gasteiger partial charge >= 0.3 is 0 Å². The van der Waals surface area contributed by atoms with E-state index in [0.717, 1.165) is 5.56 Å². The van der Waals surface area contributed by atoms with Gasteiger partial charge in [0.15, 0.2) is 6.61 Å². The van der Waals surface area contributed by atoms with Crippen LogP contribution in [0, 0.1) is 6.92 Å². The van der Waals surface area contributed by atoms with Gasteiger partial charge in [0.25, 0.3) is 15.9 Å². The first kappa shape index (κ1) is 16.7. The van der Waals surface area contributed by atoms with Crippen LogP contribution in [-0.4, -0.2) is 27.2 Å². The number of rotatable bonds is 6. The molecule has 23 heavy (non-hydrogen) atoms. The van der Waals surface area contributed by atoms with Crippen LogP contribution in [0.2, 0.25) is 0 Å². The van der Waals surface area contributed by atoms with Crippen LogP contribution >= 0.6 is 0 Å². The monoisotopic (exact) mass is 333 g/mol. The first-order valence-electron chi connectivity index (χ1n) is 6.71. The van der Waals surface area contributed by atoms with E-state index in [1.54, 1.807) is 12.1 Å². The number of sulfonamides is 1. The lowest BCUT2D eigenvalue weighted by Crippen LogP contribution is -2.34. The fourth-order valence-corrected chi connectivity index (χ4v) is 2.72. The van der Waals surface area contributed by atoms with E-state index in [2.05, 4.69) is 0 Å². The summed E-state index contributed by atoms with van der Waals surface area (Å²) in [6, 6.07) is 12.2. The van der Waals surface area contributed by atoms with Gasteiger partial charge in [-0.25, -0.2) is 13.1 Å². The Morgan fingerprint density at radius 2 is 1.70 bits per heavy atom. The van der Waals surface area contributed by atoms with Crippen molar-refractivity contribution < 1.29 is 22.7 Å². The van der Waals surface area contributed by atoms with Crippen LogP contribution in [0.1, 0.15) is 15.9 Å². The number of carbonyl (C=O) groups excluding carboxylic acids is 2. The molecule has 0 fully saturated rings. The van der Waals surface area contributed by atoms with Crippen molar-refractivity contribution >= 4 is 22.2 Å². The van der Waals surface area contributed by atoms with Crippen LogP contribution in [0.15, 0.2) is 53.4 Å². The van der Waals surface area contributed by atoms with Crippen LogP contribution in [0.25, 0.3) is 0 Å². The summed E-state index contributed by atoms with van der Waals surface area (Å²) in [7, 11) is -3.92. The first-order valence-corrected chi connectivity index (χ1v) is 8.19. The van der Waals surface area contributed by atoms with Gasteiger partial charge in [0, 0.05) is 5.56 Å². The Labute approximate surface area is 134 Å². The average Bonchev–Trinajstić information content (AvgIpc) is 2.53. The molecule has 7 heteroatoms. The normalized spacial score (nSPS) is 10.8. The third-order valence-electron chi connectivity index (χ3n) is 2.97. The van der Waals surface area contributed by atoms with Crippen molar-refractivity contribution in [2.45, 2.75) is 11.8 Å². The molecule has 0 spiro atoms. The first-order chi connectivity index (χ1) is 10.9. The molecule has 0 atom stereocenters. The summed E-state index contributed by atoms with van der Waals surface area (Å²) in [5.74, 6) is -0.427. The van der Waals surface area contributed by atoms with Gasteiger partial charge in [-0.05, 0) is 43.3 Å². The molecule has 0 unspecified atom stereocenters. The summed E-state index contributed by atoms with van der Waals surface area (Å²) < 4.78 is 31.2. The minimum Gasteiger partial charge on any atom is -0.484 e. The number of aryl methyl sites for hydroxylation is 1. The molecule has 0 aliphatic rings. The molecule has 0 aliphatic heterocycles. The summed E-state index contributed by atoms with van der Waals surface area (Å²) in [6.45, 7) is 1.38. The highest BCUT2D eigenvalue weighted by Crippen LogP contribution is 2.12. The van der Waals surface area contributed by atoms with E-state index < -0.39 is 22.5 Å². The quantitative estimate of drug-likeness (QED) is 0.813. The van der Waals surface area contributed by atoms with E-state index in [4.69, 9.17) is 4.74 Å². The smallest absolute Gasteiger partial charge is 0.271 e. The third-order valence-corrected chi connectivity index (χ3v) is 4.35. The van der Waals surface area contributed by atoms with Gasteiger partial charge in [-0.15, -0.1) is 0 Å². The number of aldehydes is 1. The third kappa shape index (κ3) is 4.65. The SMILES string of the molecule is Cc1ccc(S(=O)(=O)NC(=O)COc2ccc(C=O)cc2)cc1. The second kappa shape index (κ2) is 7.06. The number of amides is 1. The van der Waals surface area contributed by atoms with Crippen molar-refractivity contribution in [1.29, 1.82) is 0 Å². The minimum atomic E-state index is -3.92. The van der Waals surface area contributed by atoms with E-state index in [9.17, 15) is 18.0 Å². The summed E-state index contributed by atoms with van der Waals surface area (Å²) >= 11 is 0. The minimum absolute atomic E-state index is 0.00628. The molecule has 0 saturated heterocycles. The van der Waals surface area contributed by atoms with Crippen molar-refractivity contribution in [2.24, 2.45) is 0 Å². The zero-order valence-corrected chi connectivity index (χ0v) is 13.2. The van der Waals surface area contributed by atoms with Crippen LogP contribution < -0.4 is 9.46 Å². The lowest BCUT2D eigenvalue weighted by molar-refractivity contribution is -0.121. The molecule has 2 aromatic carbocycles. The lowest BCUT2D eigenvalue weighted by Gasteiger charge is -2.08. The van der Waals surface area contributed by atoms with E-state index in [1.165, 1.54) is 36.4 Å². The van der Waals surface area contributed by atoms with E-state index in [1.807, 2.05) is 11.6 Å². The number of carbonyl (C=O) groups is 2. The number of hydrogen-bond acceptors (Lipinski definition) is 5.